The zero-order valence-corrected chi connectivity index (χ0v) is 11.7. The van der Waals surface area contributed by atoms with Crippen LogP contribution in [0.15, 0.2) is 12.1 Å². The number of carbonyl (C=O) groups is 1. The van der Waals surface area contributed by atoms with Crippen LogP contribution in [-0.2, 0) is 11.2 Å². The number of carbonyl (C=O) groups excluding carboxylic acids is 1. The van der Waals surface area contributed by atoms with E-state index < -0.39 is 0 Å². The Morgan fingerprint density at radius 3 is 2.85 bits per heavy atom. The summed E-state index contributed by atoms with van der Waals surface area (Å²) in [6, 6.07) is 3.94. The minimum Gasteiger partial charge on any atom is -0.397 e. The molecule has 4 N–H and O–H groups in total. The third kappa shape index (κ3) is 2.45. The molecule has 1 heterocycles. The number of anilines is 3. The molecular weight excluding hydrogens is 254 g/mol. The average molecular weight is 275 g/mol. The van der Waals surface area contributed by atoms with Gasteiger partial charge in [-0.3, -0.25) is 4.79 Å². The van der Waals surface area contributed by atoms with Crippen LogP contribution in [0.4, 0.5) is 17.1 Å². The van der Waals surface area contributed by atoms with Gasteiger partial charge in [0.1, 0.15) is 0 Å². The monoisotopic (exact) mass is 275 g/mol. The largest absolute Gasteiger partial charge is 0.397 e. The Hall–Kier alpha value is -1.75. The quantitative estimate of drug-likeness (QED) is 0.728. The van der Waals surface area contributed by atoms with E-state index in [4.69, 9.17) is 5.73 Å². The van der Waals surface area contributed by atoms with E-state index in [9.17, 15) is 9.90 Å². The minimum absolute atomic E-state index is 0.0676. The number of rotatable bonds is 3. The number of hydrogen-bond donors (Lipinski definition) is 3. The second-order valence-electron chi connectivity index (χ2n) is 5.99. The van der Waals surface area contributed by atoms with E-state index >= 15 is 0 Å². The molecule has 1 saturated carbocycles. The molecule has 0 saturated heterocycles. The van der Waals surface area contributed by atoms with Gasteiger partial charge in [0.25, 0.3) is 0 Å². The molecule has 1 fully saturated rings. The SMILES string of the molecule is CN(CC1CC(O)C1)c1cc2c(cc1N)CCC(=O)N2. The molecule has 0 bridgehead atoms. The highest BCUT2D eigenvalue weighted by molar-refractivity contribution is 5.95. The number of benzene rings is 1. The summed E-state index contributed by atoms with van der Waals surface area (Å²) in [6.45, 7) is 0.883. The summed E-state index contributed by atoms with van der Waals surface area (Å²) < 4.78 is 0. The number of amides is 1. The van der Waals surface area contributed by atoms with Crippen molar-refractivity contribution in [2.75, 3.05) is 29.5 Å². The van der Waals surface area contributed by atoms with Crippen LogP contribution in [0.2, 0.25) is 0 Å². The first-order chi connectivity index (χ1) is 9.52. The molecule has 1 aromatic rings. The first-order valence-electron chi connectivity index (χ1n) is 7.14. The molecule has 1 aliphatic heterocycles. The number of nitrogens with zero attached hydrogens (tertiary/aromatic N) is 1. The van der Waals surface area contributed by atoms with Gasteiger partial charge in [0, 0.05) is 25.7 Å². The summed E-state index contributed by atoms with van der Waals surface area (Å²) in [5, 5.41) is 12.3. The third-order valence-corrected chi connectivity index (χ3v) is 4.30. The molecule has 0 spiro atoms. The van der Waals surface area contributed by atoms with Crippen molar-refractivity contribution >= 4 is 23.0 Å². The molecule has 0 unspecified atom stereocenters. The average Bonchev–Trinajstić information content (AvgIpc) is 2.36. The van der Waals surface area contributed by atoms with Crippen molar-refractivity contribution in [1.29, 1.82) is 0 Å². The van der Waals surface area contributed by atoms with Crippen molar-refractivity contribution in [2.24, 2.45) is 5.92 Å². The first-order valence-corrected chi connectivity index (χ1v) is 7.14. The van der Waals surface area contributed by atoms with Crippen LogP contribution >= 0.6 is 0 Å². The summed E-state index contributed by atoms with van der Waals surface area (Å²) in [4.78, 5) is 13.6. The van der Waals surface area contributed by atoms with Gasteiger partial charge in [-0.25, -0.2) is 0 Å². The molecule has 1 aliphatic carbocycles. The van der Waals surface area contributed by atoms with Crippen LogP contribution in [0.5, 0.6) is 0 Å². The van der Waals surface area contributed by atoms with Crippen molar-refractivity contribution in [2.45, 2.75) is 31.8 Å². The highest BCUT2D eigenvalue weighted by atomic mass is 16.3. The zero-order valence-electron chi connectivity index (χ0n) is 11.7. The highest BCUT2D eigenvalue weighted by Gasteiger charge is 2.28. The zero-order chi connectivity index (χ0) is 14.3. The number of aliphatic hydroxyl groups excluding tert-OH is 1. The molecule has 5 nitrogen and oxygen atoms in total. The Labute approximate surface area is 118 Å². The predicted molar refractivity (Wildman–Crippen MR) is 79.8 cm³/mol. The lowest BCUT2D eigenvalue weighted by molar-refractivity contribution is -0.116. The Morgan fingerprint density at radius 2 is 2.15 bits per heavy atom. The van der Waals surface area contributed by atoms with E-state index in [1.54, 1.807) is 0 Å². The first kappa shape index (κ1) is 13.2. The Kier molecular flexibility index (Phi) is 3.30. The standard InChI is InChI=1S/C15H21N3O2/c1-18(8-9-4-11(19)5-9)14-7-13-10(6-12(14)16)2-3-15(20)17-13/h6-7,9,11,19H,2-5,8,16H2,1H3,(H,17,20). The number of aliphatic hydroxyl groups is 1. The van der Waals surface area contributed by atoms with Gasteiger partial charge in [0.05, 0.1) is 17.5 Å². The minimum atomic E-state index is -0.131. The summed E-state index contributed by atoms with van der Waals surface area (Å²) in [5.41, 5.74) is 9.83. The van der Waals surface area contributed by atoms with Gasteiger partial charge < -0.3 is 21.1 Å². The number of nitrogen functional groups attached to an aromatic ring is 1. The fraction of sp³-hybridized carbons (Fsp3) is 0.533. The summed E-state index contributed by atoms with van der Waals surface area (Å²) >= 11 is 0. The molecule has 20 heavy (non-hydrogen) atoms. The van der Waals surface area contributed by atoms with Crippen molar-refractivity contribution in [3.63, 3.8) is 0 Å². The lowest BCUT2D eigenvalue weighted by Crippen LogP contribution is -2.37. The van der Waals surface area contributed by atoms with Gasteiger partial charge in [-0.05, 0) is 42.9 Å². The maximum atomic E-state index is 11.5. The molecule has 0 aromatic heterocycles. The van der Waals surface area contributed by atoms with Gasteiger partial charge >= 0.3 is 0 Å². The molecule has 1 amide bonds. The van der Waals surface area contributed by atoms with E-state index in [0.717, 1.165) is 48.4 Å². The summed E-state index contributed by atoms with van der Waals surface area (Å²) in [6.07, 6.45) is 2.89. The molecule has 2 aliphatic rings. The van der Waals surface area contributed by atoms with Crippen LogP contribution in [0.3, 0.4) is 0 Å². The number of hydrogen-bond acceptors (Lipinski definition) is 4. The Morgan fingerprint density at radius 1 is 1.40 bits per heavy atom. The normalized spacial score (nSPS) is 24.6. The maximum Gasteiger partial charge on any atom is 0.224 e. The Bertz CT molecular complexity index is 538. The molecule has 3 rings (SSSR count). The molecule has 1 aromatic carbocycles. The number of aryl methyl sites for hydroxylation is 1. The number of fused-ring (bicyclic) bond motifs is 1. The maximum absolute atomic E-state index is 11.5. The molecule has 0 atom stereocenters. The van der Waals surface area contributed by atoms with Gasteiger partial charge in [0.15, 0.2) is 0 Å². The Balaban J connectivity index is 1.78. The summed E-state index contributed by atoms with van der Waals surface area (Å²) in [7, 11) is 2.01. The third-order valence-electron chi connectivity index (χ3n) is 4.30. The lowest BCUT2D eigenvalue weighted by Gasteiger charge is -2.36. The van der Waals surface area contributed by atoms with Crippen LogP contribution in [0.25, 0.3) is 0 Å². The van der Waals surface area contributed by atoms with E-state index in [2.05, 4.69) is 10.2 Å². The second kappa shape index (κ2) is 4.98. The second-order valence-corrected chi connectivity index (χ2v) is 5.99. The van der Waals surface area contributed by atoms with Crippen molar-refractivity contribution < 1.29 is 9.90 Å². The van der Waals surface area contributed by atoms with Crippen LogP contribution in [0.1, 0.15) is 24.8 Å². The van der Waals surface area contributed by atoms with Gasteiger partial charge in [-0.2, -0.15) is 0 Å². The molecule has 5 heteroatoms. The van der Waals surface area contributed by atoms with Crippen molar-refractivity contribution in [3.8, 4) is 0 Å². The van der Waals surface area contributed by atoms with Crippen LogP contribution in [0, 0.1) is 5.92 Å². The van der Waals surface area contributed by atoms with Gasteiger partial charge in [-0.15, -0.1) is 0 Å². The van der Waals surface area contributed by atoms with Crippen molar-refractivity contribution in [3.05, 3.63) is 17.7 Å². The van der Waals surface area contributed by atoms with E-state index in [1.165, 1.54) is 0 Å². The molecule has 108 valence electrons. The smallest absolute Gasteiger partial charge is 0.224 e. The van der Waals surface area contributed by atoms with Gasteiger partial charge in [0.2, 0.25) is 5.91 Å². The fourth-order valence-electron chi connectivity index (χ4n) is 3.10. The van der Waals surface area contributed by atoms with E-state index in [1.807, 2.05) is 19.2 Å². The van der Waals surface area contributed by atoms with Crippen LogP contribution in [-0.4, -0.2) is 30.7 Å². The topological polar surface area (TPSA) is 78.6 Å². The van der Waals surface area contributed by atoms with Crippen molar-refractivity contribution in [1.82, 2.24) is 0 Å². The van der Waals surface area contributed by atoms with E-state index in [0.29, 0.717) is 12.3 Å². The van der Waals surface area contributed by atoms with E-state index in [-0.39, 0.29) is 12.0 Å². The predicted octanol–water partition coefficient (Wildman–Crippen LogP) is 1.36. The number of nitrogens with two attached hydrogens (primary N) is 1. The lowest BCUT2D eigenvalue weighted by atomic mass is 9.82. The molecule has 0 radical (unpaired) electrons. The number of nitrogens with one attached hydrogen (secondary N) is 1. The molecular formula is C15H21N3O2. The summed E-state index contributed by atoms with van der Waals surface area (Å²) in [5.74, 6) is 0.595. The fourth-order valence-corrected chi connectivity index (χ4v) is 3.10. The highest BCUT2D eigenvalue weighted by Crippen LogP contribution is 2.35. The van der Waals surface area contributed by atoms with Crippen LogP contribution < -0.4 is 16.0 Å². The van der Waals surface area contributed by atoms with Gasteiger partial charge in [-0.1, -0.05) is 0 Å².